The van der Waals surface area contributed by atoms with Crippen molar-refractivity contribution in [1.82, 2.24) is 0 Å². The van der Waals surface area contributed by atoms with Crippen LogP contribution in [0.4, 0.5) is 0 Å². The van der Waals surface area contributed by atoms with E-state index in [-0.39, 0.29) is 0 Å². The maximum Gasteiger partial charge on any atom is 0.119 e. The maximum absolute atomic E-state index is 9.10. The number of aliphatic hydroxyl groups is 5. The highest BCUT2D eigenvalue weighted by Crippen LogP contribution is 2.03. The second-order valence-electron chi connectivity index (χ2n) is 2.52. The van der Waals surface area contributed by atoms with Gasteiger partial charge in [0.05, 0.1) is 12.8 Å². The minimum atomic E-state index is -1.65. The average molecular weight is 194 g/mol. The number of hydrogen-bond donors (Lipinski definition) is 6. The summed E-state index contributed by atoms with van der Waals surface area (Å²) >= 11 is 0. The quantitative estimate of drug-likeness (QED) is 0.152. The molecule has 4 atom stereocenters. The summed E-state index contributed by atoms with van der Waals surface area (Å²) < 4.78 is 0. The van der Waals surface area contributed by atoms with Gasteiger partial charge in [0.2, 0.25) is 0 Å². The smallest absolute Gasteiger partial charge is 0.119 e. The molecule has 78 valence electrons. The first kappa shape index (κ1) is 12.3. The molecule has 0 spiro atoms. The van der Waals surface area contributed by atoms with E-state index in [1.165, 1.54) is 0 Å². The van der Waals surface area contributed by atoms with Crippen molar-refractivity contribution in [3.8, 4) is 0 Å². The minimum absolute atomic E-state index is 0.718. The molecule has 0 aliphatic rings. The van der Waals surface area contributed by atoms with Gasteiger partial charge >= 0.3 is 0 Å². The fourth-order valence-electron chi connectivity index (χ4n) is 0.714. The lowest BCUT2D eigenvalue weighted by molar-refractivity contribution is -0.0999. The van der Waals surface area contributed by atoms with Gasteiger partial charge in [-0.25, -0.2) is 0 Å². The van der Waals surface area contributed by atoms with E-state index in [0.717, 1.165) is 6.21 Å². The monoisotopic (exact) mass is 194 g/mol. The van der Waals surface area contributed by atoms with E-state index in [1.807, 2.05) is 0 Å². The van der Waals surface area contributed by atoms with Gasteiger partial charge in [0.25, 0.3) is 0 Å². The van der Waals surface area contributed by atoms with E-state index in [1.54, 1.807) is 0 Å². The predicted octanol–water partition coefficient (Wildman–Crippen LogP) is -3.63. The third-order valence-electron chi connectivity index (χ3n) is 1.52. The Morgan fingerprint density at radius 2 is 1.69 bits per heavy atom. The summed E-state index contributed by atoms with van der Waals surface area (Å²) in [6.07, 6.45) is -5.50. The predicted molar refractivity (Wildman–Crippen MR) is 43.8 cm³/mol. The van der Waals surface area contributed by atoms with Crippen molar-refractivity contribution in [1.29, 1.82) is 0 Å². The van der Waals surface area contributed by atoms with Crippen molar-refractivity contribution < 1.29 is 25.5 Å². The van der Waals surface area contributed by atoms with Crippen LogP contribution in [0.5, 0.6) is 0 Å². The molecule has 0 saturated carbocycles. The molecule has 0 rings (SSSR count). The number of hydrazone groups is 1. The first-order chi connectivity index (χ1) is 6.04. The normalized spacial score (nSPS) is 21.3. The summed E-state index contributed by atoms with van der Waals surface area (Å²) in [4.78, 5) is 0. The van der Waals surface area contributed by atoms with Gasteiger partial charge in [-0.15, -0.1) is 0 Å². The molecule has 0 unspecified atom stereocenters. The van der Waals surface area contributed by atoms with Crippen molar-refractivity contribution >= 4 is 6.21 Å². The topological polar surface area (TPSA) is 140 Å². The number of aliphatic hydroxyl groups excluding tert-OH is 5. The molecule has 0 aromatic rings. The van der Waals surface area contributed by atoms with E-state index in [4.69, 9.17) is 25.5 Å². The van der Waals surface area contributed by atoms with Crippen molar-refractivity contribution in [3.05, 3.63) is 0 Å². The van der Waals surface area contributed by atoms with Crippen LogP contribution in [0.15, 0.2) is 5.10 Å². The number of nitrogens with zero attached hydrogens (tertiary/aromatic N) is 1. The molecule has 7 N–H and O–H groups in total. The largest absolute Gasteiger partial charge is 0.394 e. The third kappa shape index (κ3) is 3.66. The number of hydrogen-bond acceptors (Lipinski definition) is 7. The minimum Gasteiger partial charge on any atom is -0.394 e. The molecule has 0 bridgehead atoms. The molecule has 13 heavy (non-hydrogen) atoms. The molecule has 7 nitrogen and oxygen atoms in total. The summed E-state index contributed by atoms with van der Waals surface area (Å²) in [5, 5.41) is 47.4. The second kappa shape index (κ2) is 5.84. The van der Waals surface area contributed by atoms with Crippen LogP contribution < -0.4 is 5.84 Å². The zero-order chi connectivity index (χ0) is 10.4. The lowest BCUT2D eigenvalue weighted by Crippen LogP contribution is -2.46. The van der Waals surface area contributed by atoms with Crippen molar-refractivity contribution in [2.75, 3.05) is 6.61 Å². The van der Waals surface area contributed by atoms with Gasteiger partial charge in [0.15, 0.2) is 0 Å². The number of nitrogens with two attached hydrogens (primary N) is 1. The Hall–Kier alpha value is -0.730. The van der Waals surface area contributed by atoms with Crippen LogP contribution in [0.1, 0.15) is 0 Å². The first-order valence-corrected chi connectivity index (χ1v) is 3.61. The van der Waals surface area contributed by atoms with Gasteiger partial charge in [-0.3, -0.25) is 0 Å². The maximum atomic E-state index is 9.10. The summed E-state index contributed by atoms with van der Waals surface area (Å²) in [5.74, 6) is 4.68. The van der Waals surface area contributed by atoms with Crippen LogP contribution in [0.25, 0.3) is 0 Å². The van der Waals surface area contributed by atoms with Crippen LogP contribution in [-0.4, -0.2) is 62.8 Å². The van der Waals surface area contributed by atoms with E-state index < -0.39 is 31.0 Å². The summed E-state index contributed by atoms with van der Waals surface area (Å²) in [6, 6.07) is 0. The molecule has 0 fully saturated rings. The van der Waals surface area contributed by atoms with Crippen molar-refractivity contribution in [2.24, 2.45) is 10.9 Å². The molecule has 7 heteroatoms. The second-order valence-corrected chi connectivity index (χ2v) is 2.52. The van der Waals surface area contributed by atoms with Gasteiger partial charge < -0.3 is 31.4 Å². The fourth-order valence-corrected chi connectivity index (χ4v) is 0.714. The molecule has 0 aliphatic carbocycles. The van der Waals surface area contributed by atoms with Crippen LogP contribution in [0, 0.1) is 0 Å². The summed E-state index contributed by atoms with van der Waals surface area (Å²) in [7, 11) is 0. The first-order valence-electron chi connectivity index (χ1n) is 3.61. The lowest BCUT2D eigenvalue weighted by Gasteiger charge is -2.23. The van der Waals surface area contributed by atoms with E-state index in [9.17, 15) is 0 Å². The van der Waals surface area contributed by atoms with Gasteiger partial charge in [0.1, 0.15) is 24.4 Å². The third-order valence-corrected chi connectivity index (χ3v) is 1.52. The Kier molecular flexibility index (Phi) is 5.51. The summed E-state index contributed by atoms with van der Waals surface area (Å²) in [5.41, 5.74) is 0. The van der Waals surface area contributed by atoms with E-state index in [2.05, 4.69) is 10.9 Å². The molecule has 0 aromatic heterocycles. The highest BCUT2D eigenvalue weighted by molar-refractivity contribution is 5.63. The molecule has 0 radical (unpaired) electrons. The Morgan fingerprint density at radius 1 is 1.15 bits per heavy atom. The van der Waals surface area contributed by atoms with E-state index in [0.29, 0.717) is 0 Å². The van der Waals surface area contributed by atoms with Gasteiger partial charge in [-0.1, -0.05) is 0 Å². The standard InChI is InChI=1S/C6H14N2O5/c7-8-1-3(10)5(12)6(13)4(11)2-9/h1,3-6,9-13H,2,7H2/t3-,4-,5-,6+/m1/s1. The fraction of sp³-hybridized carbons (Fsp3) is 0.833. The molecule has 0 amide bonds. The van der Waals surface area contributed by atoms with Crippen molar-refractivity contribution in [2.45, 2.75) is 24.4 Å². The Balaban J connectivity index is 4.15. The van der Waals surface area contributed by atoms with Gasteiger partial charge in [-0.2, -0.15) is 5.10 Å². The zero-order valence-electron chi connectivity index (χ0n) is 6.85. The highest BCUT2D eigenvalue weighted by atomic mass is 16.4. The van der Waals surface area contributed by atoms with Gasteiger partial charge in [-0.05, 0) is 0 Å². The Labute approximate surface area is 74.7 Å². The molecule has 0 aliphatic heterocycles. The molecule has 0 aromatic carbocycles. The van der Waals surface area contributed by atoms with Crippen LogP contribution in [0.3, 0.4) is 0 Å². The highest BCUT2D eigenvalue weighted by Gasteiger charge is 2.28. The Bertz CT molecular complexity index is 165. The molecule has 0 heterocycles. The SMILES string of the molecule is NN=C[C@@H](O)[C@@H](O)[C@@H](O)[C@H](O)CO. The summed E-state index contributed by atoms with van der Waals surface area (Å²) in [6.45, 7) is -0.718. The molecular formula is C6H14N2O5. The van der Waals surface area contributed by atoms with Crippen molar-refractivity contribution in [3.63, 3.8) is 0 Å². The van der Waals surface area contributed by atoms with Crippen LogP contribution >= 0.6 is 0 Å². The van der Waals surface area contributed by atoms with Crippen LogP contribution in [-0.2, 0) is 0 Å². The lowest BCUT2D eigenvalue weighted by atomic mass is 10.0. The zero-order valence-corrected chi connectivity index (χ0v) is 6.85. The Morgan fingerprint density at radius 3 is 2.08 bits per heavy atom. The number of rotatable bonds is 5. The van der Waals surface area contributed by atoms with Gasteiger partial charge in [0, 0.05) is 0 Å². The molecule has 0 saturated heterocycles. The molecular weight excluding hydrogens is 180 g/mol. The van der Waals surface area contributed by atoms with E-state index >= 15 is 0 Å². The van der Waals surface area contributed by atoms with Crippen LogP contribution in [0.2, 0.25) is 0 Å². The average Bonchev–Trinajstić information content (AvgIpc) is 2.14.